The molecular weight excluding hydrogens is 320 g/mol. The van der Waals surface area contributed by atoms with Gasteiger partial charge in [-0.05, 0) is 62.2 Å². The summed E-state index contributed by atoms with van der Waals surface area (Å²) in [5, 5.41) is 0. The van der Waals surface area contributed by atoms with E-state index in [0.717, 1.165) is 11.1 Å². The maximum atomic E-state index is 12.3. The topological polar surface area (TPSA) is 61.8 Å². The number of carbonyl (C=O) groups excluding carboxylic acids is 2. The van der Waals surface area contributed by atoms with Crippen LogP contribution < -0.4 is 9.47 Å². The van der Waals surface area contributed by atoms with Crippen molar-refractivity contribution in [1.82, 2.24) is 0 Å². The third-order valence-corrected chi connectivity index (χ3v) is 3.74. The van der Waals surface area contributed by atoms with Crippen LogP contribution in [0.15, 0.2) is 42.5 Å². The molecule has 0 aliphatic rings. The first kappa shape index (κ1) is 18.5. The molecule has 0 aliphatic heterocycles. The molecule has 0 unspecified atom stereocenters. The van der Waals surface area contributed by atoms with E-state index in [1.807, 2.05) is 32.0 Å². The third-order valence-electron chi connectivity index (χ3n) is 3.74. The Morgan fingerprint density at radius 3 is 2.36 bits per heavy atom. The summed E-state index contributed by atoms with van der Waals surface area (Å²) in [4.78, 5) is 24.2. The number of carbonyl (C=O) groups is 2. The van der Waals surface area contributed by atoms with Crippen molar-refractivity contribution in [1.29, 1.82) is 0 Å². The maximum Gasteiger partial charge on any atom is 0.344 e. The second kappa shape index (κ2) is 8.33. The van der Waals surface area contributed by atoms with Crippen LogP contribution in [0.5, 0.6) is 11.5 Å². The van der Waals surface area contributed by atoms with Gasteiger partial charge in [-0.25, -0.2) is 4.79 Å². The Morgan fingerprint density at radius 1 is 1.04 bits per heavy atom. The molecule has 5 heteroatoms. The molecule has 5 nitrogen and oxygen atoms in total. The Balaban J connectivity index is 1.90. The first-order chi connectivity index (χ1) is 11.9. The van der Waals surface area contributed by atoms with Crippen molar-refractivity contribution in [3.63, 3.8) is 0 Å². The minimum atomic E-state index is -0.886. The quantitative estimate of drug-likeness (QED) is 0.569. The Labute approximate surface area is 147 Å². The minimum absolute atomic E-state index is 0.246. The van der Waals surface area contributed by atoms with Crippen molar-refractivity contribution < 1.29 is 23.8 Å². The fraction of sp³-hybridized carbons (Fsp3) is 0.300. The van der Waals surface area contributed by atoms with Crippen molar-refractivity contribution in [2.75, 3.05) is 13.7 Å². The molecular formula is C20H22O5. The average molecular weight is 342 g/mol. The van der Waals surface area contributed by atoms with E-state index in [2.05, 4.69) is 0 Å². The lowest BCUT2D eigenvalue weighted by molar-refractivity contribution is -0.148. The van der Waals surface area contributed by atoms with Gasteiger partial charge in [0, 0.05) is 5.56 Å². The highest BCUT2D eigenvalue weighted by molar-refractivity contribution is 6.00. The summed E-state index contributed by atoms with van der Waals surface area (Å²) in [6.07, 6.45) is -0.886. The van der Waals surface area contributed by atoms with Crippen molar-refractivity contribution in [3.05, 3.63) is 59.2 Å². The molecule has 0 heterocycles. The summed E-state index contributed by atoms with van der Waals surface area (Å²) in [5.74, 6) is 0.423. The van der Waals surface area contributed by atoms with Gasteiger partial charge in [-0.15, -0.1) is 0 Å². The van der Waals surface area contributed by atoms with Gasteiger partial charge in [-0.2, -0.15) is 0 Å². The fourth-order valence-electron chi connectivity index (χ4n) is 2.27. The van der Waals surface area contributed by atoms with Crippen molar-refractivity contribution >= 4 is 11.8 Å². The summed E-state index contributed by atoms with van der Waals surface area (Å²) in [6, 6.07) is 12.4. The summed E-state index contributed by atoms with van der Waals surface area (Å²) in [6.45, 7) is 5.14. The Kier molecular flexibility index (Phi) is 6.17. The molecule has 1 atom stereocenters. The lowest BCUT2D eigenvalue weighted by Crippen LogP contribution is -2.27. The number of aryl methyl sites for hydroxylation is 2. The van der Waals surface area contributed by atoms with Gasteiger partial charge in [0.25, 0.3) is 0 Å². The van der Waals surface area contributed by atoms with E-state index < -0.39 is 12.1 Å². The van der Waals surface area contributed by atoms with Gasteiger partial charge in [0.2, 0.25) is 5.78 Å². The molecule has 2 aromatic rings. The second-order valence-corrected chi connectivity index (χ2v) is 5.78. The van der Waals surface area contributed by atoms with E-state index in [9.17, 15) is 9.59 Å². The van der Waals surface area contributed by atoms with Gasteiger partial charge in [-0.3, -0.25) is 4.79 Å². The monoisotopic (exact) mass is 342 g/mol. The third kappa shape index (κ3) is 5.08. The predicted molar refractivity (Wildman–Crippen MR) is 94.3 cm³/mol. The summed E-state index contributed by atoms with van der Waals surface area (Å²) < 4.78 is 15.7. The highest BCUT2D eigenvalue weighted by atomic mass is 16.6. The lowest BCUT2D eigenvalue weighted by atomic mass is 10.1. The second-order valence-electron chi connectivity index (χ2n) is 5.78. The molecule has 0 bridgehead atoms. The summed E-state index contributed by atoms with van der Waals surface area (Å²) in [5.41, 5.74) is 2.43. The molecule has 2 rings (SSSR count). The number of hydrogen-bond acceptors (Lipinski definition) is 5. The SMILES string of the molecule is COc1ccc(C(=O)[C@H](C)OC(=O)COc2cc(C)ccc2C)cc1. The largest absolute Gasteiger partial charge is 0.497 e. The molecule has 0 aliphatic carbocycles. The Bertz CT molecular complexity index is 749. The van der Waals surface area contributed by atoms with E-state index in [4.69, 9.17) is 14.2 Å². The van der Waals surface area contributed by atoms with Crippen LogP contribution in [0, 0.1) is 13.8 Å². The normalized spacial score (nSPS) is 11.5. The summed E-state index contributed by atoms with van der Waals surface area (Å²) in [7, 11) is 1.55. The van der Waals surface area contributed by atoms with Crippen molar-refractivity contribution in [3.8, 4) is 11.5 Å². The molecule has 0 fully saturated rings. The smallest absolute Gasteiger partial charge is 0.344 e. The number of rotatable bonds is 7. The molecule has 0 saturated carbocycles. The zero-order valence-electron chi connectivity index (χ0n) is 14.9. The molecule has 0 saturated heterocycles. The zero-order valence-corrected chi connectivity index (χ0v) is 14.9. The van der Waals surface area contributed by atoms with Crippen LogP contribution in [0.1, 0.15) is 28.4 Å². The van der Waals surface area contributed by atoms with Gasteiger partial charge in [-0.1, -0.05) is 12.1 Å². The van der Waals surface area contributed by atoms with Gasteiger partial charge in [0.15, 0.2) is 12.7 Å². The number of benzene rings is 2. The lowest BCUT2D eigenvalue weighted by Gasteiger charge is -2.14. The van der Waals surface area contributed by atoms with Gasteiger partial charge in [0.05, 0.1) is 7.11 Å². The van der Waals surface area contributed by atoms with Gasteiger partial charge < -0.3 is 14.2 Å². The van der Waals surface area contributed by atoms with E-state index >= 15 is 0 Å². The number of hydrogen-bond donors (Lipinski definition) is 0. The van der Waals surface area contributed by atoms with Crippen LogP contribution in [-0.4, -0.2) is 31.6 Å². The van der Waals surface area contributed by atoms with Gasteiger partial charge in [0.1, 0.15) is 11.5 Å². The fourth-order valence-corrected chi connectivity index (χ4v) is 2.27. The molecule has 0 aromatic heterocycles. The van der Waals surface area contributed by atoms with Crippen LogP contribution in [0.2, 0.25) is 0 Å². The number of Topliss-reactive ketones (excluding diaryl/α,β-unsaturated/α-hetero) is 1. The van der Waals surface area contributed by atoms with Crippen molar-refractivity contribution in [2.45, 2.75) is 26.9 Å². The van der Waals surface area contributed by atoms with Crippen LogP contribution in [0.25, 0.3) is 0 Å². The first-order valence-electron chi connectivity index (χ1n) is 7.98. The Morgan fingerprint density at radius 2 is 1.72 bits per heavy atom. The highest BCUT2D eigenvalue weighted by Crippen LogP contribution is 2.19. The van der Waals surface area contributed by atoms with Crippen LogP contribution in [0.4, 0.5) is 0 Å². The molecule has 0 radical (unpaired) electrons. The number of esters is 1. The standard InChI is InChI=1S/C20H22O5/c1-13-5-6-14(2)18(11-13)24-12-19(21)25-15(3)20(22)16-7-9-17(23-4)10-8-16/h5-11,15H,12H2,1-4H3/t15-/m0/s1. The Hall–Kier alpha value is -2.82. The zero-order chi connectivity index (χ0) is 18.4. The molecule has 0 amide bonds. The maximum absolute atomic E-state index is 12.3. The van der Waals surface area contributed by atoms with E-state index in [0.29, 0.717) is 17.1 Å². The molecule has 132 valence electrons. The van der Waals surface area contributed by atoms with Gasteiger partial charge >= 0.3 is 5.97 Å². The minimum Gasteiger partial charge on any atom is -0.497 e. The average Bonchev–Trinajstić information content (AvgIpc) is 2.61. The molecule has 2 aromatic carbocycles. The predicted octanol–water partition coefficient (Wildman–Crippen LogP) is 3.51. The summed E-state index contributed by atoms with van der Waals surface area (Å²) >= 11 is 0. The number of ether oxygens (including phenoxy) is 3. The van der Waals surface area contributed by atoms with Crippen LogP contribution >= 0.6 is 0 Å². The van der Waals surface area contributed by atoms with Crippen LogP contribution in [0.3, 0.4) is 0 Å². The van der Waals surface area contributed by atoms with Crippen LogP contribution in [-0.2, 0) is 9.53 Å². The van der Waals surface area contributed by atoms with E-state index in [1.54, 1.807) is 38.3 Å². The molecule has 0 spiro atoms. The number of methoxy groups -OCH3 is 1. The number of ketones is 1. The van der Waals surface area contributed by atoms with Crippen molar-refractivity contribution in [2.24, 2.45) is 0 Å². The molecule has 0 N–H and O–H groups in total. The van der Waals surface area contributed by atoms with E-state index in [1.165, 1.54) is 0 Å². The highest BCUT2D eigenvalue weighted by Gasteiger charge is 2.20. The molecule has 25 heavy (non-hydrogen) atoms. The first-order valence-corrected chi connectivity index (χ1v) is 7.98. The van der Waals surface area contributed by atoms with E-state index in [-0.39, 0.29) is 12.4 Å².